The van der Waals surface area contributed by atoms with Crippen LogP contribution in [0.4, 0.5) is 10.7 Å². The van der Waals surface area contributed by atoms with E-state index in [9.17, 15) is 25.0 Å². The maximum absolute atomic E-state index is 12.9. The molecule has 1 aliphatic rings. The second-order valence-electron chi connectivity index (χ2n) is 8.17. The Hall–Kier alpha value is -3.94. The van der Waals surface area contributed by atoms with E-state index in [0.29, 0.717) is 34.2 Å². The van der Waals surface area contributed by atoms with Crippen LogP contribution < -0.4 is 11.1 Å². The van der Waals surface area contributed by atoms with Gasteiger partial charge in [-0.1, -0.05) is 18.5 Å². The van der Waals surface area contributed by atoms with Gasteiger partial charge in [0.25, 0.3) is 17.5 Å². The number of nitro groups is 1. The number of hydrogen-bond acceptors (Lipinski definition) is 7. The largest absolute Gasteiger partial charge is 0.457 e. The lowest BCUT2D eigenvalue weighted by atomic mass is 9.88. The zero-order chi connectivity index (χ0) is 25.3. The molecule has 9 nitrogen and oxygen atoms in total. The third-order valence-corrected chi connectivity index (χ3v) is 7.18. The minimum atomic E-state index is -0.701. The molecule has 1 unspecified atom stereocenters. The highest BCUT2D eigenvalue weighted by Gasteiger charge is 2.27. The Morgan fingerprint density at radius 3 is 2.80 bits per heavy atom. The van der Waals surface area contributed by atoms with Gasteiger partial charge < -0.3 is 15.5 Å². The molecule has 0 saturated carbocycles. The molecule has 0 aliphatic heterocycles. The predicted octanol–water partition coefficient (Wildman–Crippen LogP) is 5.34. The van der Waals surface area contributed by atoms with Gasteiger partial charge in [0.05, 0.1) is 15.5 Å². The number of rotatable bonds is 6. The smallest absolute Gasteiger partial charge is 0.270 e. The first-order chi connectivity index (χ1) is 16.7. The maximum Gasteiger partial charge on any atom is 0.270 e. The molecule has 0 bridgehead atoms. The zero-order valence-corrected chi connectivity index (χ0v) is 20.0. The molecule has 35 heavy (non-hydrogen) atoms. The number of fused-ring (bicyclic) bond motifs is 1. The number of benzene rings is 1. The van der Waals surface area contributed by atoms with Crippen LogP contribution >= 0.6 is 22.9 Å². The number of hydrogen-bond donors (Lipinski definition) is 2. The minimum absolute atomic E-state index is 0.122. The van der Waals surface area contributed by atoms with Crippen LogP contribution in [0.5, 0.6) is 0 Å². The van der Waals surface area contributed by atoms with Crippen LogP contribution in [0.1, 0.15) is 39.9 Å². The van der Waals surface area contributed by atoms with Crippen LogP contribution in [0.3, 0.4) is 0 Å². The molecular formula is C24H19ClN4O5S. The van der Waals surface area contributed by atoms with E-state index in [2.05, 4.69) is 12.2 Å². The van der Waals surface area contributed by atoms with E-state index in [1.54, 1.807) is 6.07 Å². The van der Waals surface area contributed by atoms with Gasteiger partial charge in [0.2, 0.25) is 0 Å². The van der Waals surface area contributed by atoms with Crippen molar-refractivity contribution in [3.05, 3.63) is 72.8 Å². The number of halogens is 1. The fourth-order valence-electron chi connectivity index (χ4n) is 3.95. The van der Waals surface area contributed by atoms with Crippen molar-refractivity contribution in [2.75, 3.05) is 5.32 Å². The van der Waals surface area contributed by atoms with Crippen LogP contribution in [0, 0.1) is 27.4 Å². The van der Waals surface area contributed by atoms with Crippen molar-refractivity contribution in [1.29, 1.82) is 5.26 Å². The fourth-order valence-corrected chi connectivity index (χ4v) is 5.63. The zero-order valence-electron chi connectivity index (χ0n) is 18.5. The molecule has 2 amide bonds. The number of primary amides is 1. The third-order valence-electron chi connectivity index (χ3n) is 5.69. The lowest BCUT2D eigenvalue weighted by Crippen LogP contribution is -2.19. The Morgan fingerprint density at radius 2 is 2.14 bits per heavy atom. The van der Waals surface area contributed by atoms with Crippen molar-refractivity contribution in [2.24, 2.45) is 11.7 Å². The van der Waals surface area contributed by atoms with Crippen molar-refractivity contribution < 1.29 is 18.9 Å². The van der Waals surface area contributed by atoms with Crippen LogP contribution in [0.25, 0.3) is 17.4 Å². The fraction of sp³-hybridized carbons (Fsp3) is 0.208. The molecule has 1 aliphatic carbocycles. The number of nitro benzene ring substituents is 1. The SMILES string of the molecule is CC1CCc2c(sc(NC(=O)C(C#N)=Cc3ccc(-c4ccc([N+](=O)[O-])cc4Cl)o3)c2C(N)=O)C1. The van der Waals surface area contributed by atoms with Crippen molar-refractivity contribution in [2.45, 2.75) is 26.2 Å². The van der Waals surface area contributed by atoms with Crippen molar-refractivity contribution in [3.63, 3.8) is 0 Å². The molecule has 1 aromatic carbocycles. The molecule has 0 fully saturated rings. The quantitative estimate of drug-likeness (QED) is 0.197. The van der Waals surface area contributed by atoms with Crippen molar-refractivity contribution in [1.82, 2.24) is 0 Å². The van der Waals surface area contributed by atoms with Gasteiger partial charge in [0.15, 0.2) is 0 Å². The molecule has 0 radical (unpaired) electrons. The highest BCUT2D eigenvalue weighted by atomic mass is 35.5. The second kappa shape index (κ2) is 9.74. The number of thiophene rings is 1. The number of carbonyl (C=O) groups excluding carboxylic acids is 2. The van der Waals surface area contributed by atoms with Gasteiger partial charge in [-0.3, -0.25) is 19.7 Å². The maximum atomic E-state index is 12.9. The predicted molar refractivity (Wildman–Crippen MR) is 132 cm³/mol. The van der Waals surface area contributed by atoms with E-state index in [4.69, 9.17) is 21.8 Å². The summed E-state index contributed by atoms with van der Waals surface area (Å²) in [6.45, 7) is 2.13. The Bertz CT molecular complexity index is 1430. The van der Waals surface area contributed by atoms with Crippen LogP contribution in [0.15, 0.2) is 40.3 Å². The van der Waals surface area contributed by atoms with Gasteiger partial charge in [-0.15, -0.1) is 11.3 Å². The average molecular weight is 511 g/mol. The van der Waals surface area contributed by atoms with E-state index in [1.807, 2.05) is 6.07 Å². The summed E-state index contributed by atoms with van der Waals surface area (Å²) in [5, 5.41) is 23.6. The number of anilines is 1. The van der Waals surface area contributed by atoms with Gasteiger partial charge in [0, 0.05) is 28.6 Å². The summed E-state index contributed by atoms with van der Waals surface area (Å²) >= 11 is 7.46. The minimum Gasteiger partial charge on any atom is -0.457 e. The second-order valence-corrected chi connectivity index (χ2v) is 9.68. The van der Waals surface area contributed by atoms with Gasteiger partial charge >= 0.3 is 0 Å². The number of nitrogens with two attached hydrogens (primary N) is 1. The number of nitriles is 1. The highest BCUT2D eigenvalue weighted by molar-refractivity contribution is 7.17. The Kier molecular flexibility index (Phi) is 6.73. The summed E-state index contributed by atoms with van der Waals surface area (Å²) in [6, 6.07) is 8.92. The van der Waals surface area contributed by atoms with Gasteiger partial charge in [-0.05, 0) is 48.9 Å². The molecule has 3 aromatic rings. The van der Waals surface area contributed by atoms with E-state index >= 15 is 0 Å². The molecule has 178 valence electrons. The molecule has 0 saturated heterocycles. The molecule has 2 heterocycles. The summed E-state index contributed by atoms with van der Waals surface area (Å²) in [4.78, 5) is 36.3. The van der Waals surface area contributed by atoms with Crippen LogP contribution in [0.2, 0.25) is 5.02 Å². The number of amides is 2. The topological polar surface area (TPSA) is 152 Å². The molecule has 1 atom stereocenters. The van der Waals surface area contributed by atoms with E-state index < -0.39 is 16.7 Å². The summed E-state index contributed by atoms with van der Waals surface area (Å²) in [5.74, 6) is -0.337. The first kappa shape index (κ1) is 24.2. The molecule has 4 rings (SSSR count). The lowest BCUT2D eigenvalue weighted by molar-refractivity contribution is -0.384. The number of nitrogens with one attached hydrogen (secondary N) is 1. The number of non-ortho nitro benzene ring substituents is 1. The van der Waals surface area contributed by atoms with Crippen LogP contribution in [-0.2, 0) is 17.6 Å². The van der Waals surface area contributed by atoms with Gasteiger partial charge in [0.1, 0.15) is 28.2 Å². The normalized spacial score (nSPS) is 15.2. The first-order valence-corrected chi connectivity index (χ1v) is 11.8. The van der Waals surface area contributed by atoms with Gasteiger partial charge in [-0.25, -0.2) is 0 Å². The van der Waals surface area contributed by atoms with Crippen molar-refractivity contribution >= 4 is 51.5 Å². The summed E-state index contributed by atoms with van der Waals surface area (Å²) < 4.78 is 5.69. The first-order valence-electron chi connectivity index (χ1n) is 10.6. The highest BCUT2D eigenvalue weighted by Crippen LogP contribution is 2.39. The monoisotopic (exact) mass is 510 g/mol. The molecule has 2 aromatic heterocycles. The molecular weight excluding hydrogens is 492 g/mol. The Morgan fingerprint density at radius 1 is 1.37 bits per heavy atom. The standard InChI is InChI=1S/C24H19ClN4O5S/c1-12-2-5-17-20(8-12)35-24(21(17)22(27)30)28-23(31)13(11-26)9-15-4-7-19(34-15)16-6-3-14(29(32)33)10-18(16)25/h3-4,6-7,9-10,12H,2,5,8H2,1H3,(H2,27,30)(H,28,31). The molecule has 11 heteroatoms. The number of carbonyl (C=O) groups is 2. The summed E-state index contributed by atoms with van der Waals surface area (Å²) in [6.07, 6.45) is 3.71. The summed E-state index contributed by atoms with van der Waals surface area (Å²) in [7, 11) is 0. The summed E-state index contributed by atoms with van der Waals surface area (Å²) in [5.41, 5.74) is 6.79. The Balaban J connectivity index is 1.59. The lowest BCUT2D eigenvalue weighted by Gasteiger charge is -2.18. The van der Waals surface area contributed by atoms with E-state index in [1.165, 1.54) is 41.7 Å². The van der Waals surface area contributed by atoms with Gasteiger partial charge in [-0.2, -0.15) is 5.26 Å². The molecule has 0 spiro atoms. The number of nitrogens with zero attached hydrogens (tertiary/aromatic N) is 2. The average Bonchev–Trinajstić information content (AvgIpc) is 3.40. The van der Waals surface area contributed by atoms with Crippen LogP contribution in [-0.4, -0.2) is 16.7 Å². The molecule has 3 N–H and O–H groups in total. The van der Waals surface area contributed by atoms with E-state index in [-0.39, 0.29) is 22.0 Å². The third kappa shape index (κ3) is 4.96. The van der Waals surface area contributed by atoms with E-state index in [0.717, 1.165) is 23.3 Å². The van der Waals surface area contributed by atoms with Crippen molar-refractivity contribution in [3.8, 4) is 17.4 Å². The Labute approximate surface area is 208 Å². The number of furan rings is 1.